The first-order chi connectivity index (χ1) is 7.77. The smallest absolute Gasteiger partial charge is 0.220 e. The van der Waals surface area contributed by atoms with Crippen LogP contribution in [0.3, 0.4) is 0 Å². The molecule has 0 aromatic rings. The zero-order chi connectivity index (χ0) is 13.5. The molecule has 1 amide bonds. The number of nitrogens with one attached hydrogen (secondary N) is 1. The quantitative estimate of drug-likeness (QED) is 0.651. The zero-order valence-electron chi connectivity index (χ0n) is 10.8. The van der Waals surface area contributed by atoms with Crippen LogP contribution in [0.5, 0.6) is 0 Å². The highest BCUT2D eigenvalue weighted by atomic mass is 32.2. The minimum absolute atomic E-state index is 0.0490. The molecule has 0 aromatic carbocycles. The molecule has 0 saturated heterocycles. The van der Waals surface area contributed by atoms with Crippen LogP contribution in [0.25, 0.3) is 0 Å². The molecular weight excluding hydrogens is 240 g/mol. The minimum atomic E-state index is -3.24. The number of carbonyl (C=O) groups excluding carboxylic acids is 1. The number of hydrogen-bond acceptors (Lipinski definition) is 3. The molecule has 1 N–H and O–H groups in total. The molecule has 0 aliphatic rings. The van der Waals surface area contributed by atoms with Gasteiger partial charge in [0.1, 0.15) is 0 Å². The molecule has 17 heavy (non-hydrogen) atoms. The second-order valence-electron chi connectivity index (χ2n) is 4.36. The molecule has 0 aliphatic heterocycles. The topological polar surface area (TPSA) is 66.5 Å². The first-order valence-corrected chi connectivity index (χ1v) is 7.45. The number of amides is 1. The summed E-state index contributed by atoms with van der Waals surface area (Å²) in [6.45, 7) is 8.28. The van der Waals surface area contributed by atoms with E-state index >= 15 is 0 Å². The van der Waals surface area contributed by atoms with E-state index < -0.39 is 10.0 Å². The molecule has 0 aromatic heterocycles. The van der Waals surface area contributed by atoms with Crippen molar-refractivity contribution in [2.75, 3.05) is 25.9 Å². The van der Waals surface area contributed by atoms with Crippen molar-refractivity contribution in [2.45, 2.75) is 20.3 Å². The lowest BCUT2D eigenvalue weighted by molar-refractivity contribution is -0.121. The summed E-state index contributed by atoms with van der Waals surface area (Å²) in [5, 5.41) is 2.70. The molecule has 0 bridgehead atoms. The van der Waals surface area contributed by atoms with Crippen molar-refractivity contribution >= 4 is 15.9 Å². The third-order valence-corrected chi connectivity index (χ3v) is 3.35. The molecule has 0 heterocycles. The van der Waals surface area contributed by atoms with Crippen molar-refractivity contribution in [3.63, 3.8) is 0 Å². The number of hydrogen-bond donors (Lipinski definition) is 1. The van der Waals surface area contributed by atoms with Crippen molar-refractivity contribution in [2.24, 2.45) is 5.92 Å². The second-order valence-corrected chi connectivity index (χ2v) is 6.34. The summed E-state index contributed by atoms with van der Waals surface area (Å²) in [4.78, 5) is 11.3. The van der Waals surface area contributed by atoms with Gasteiger partial charge in [0.2, 0.25) is 15.9 Å². The molecule has 0 spiro atoms. The number of rotatable bonds is 8. The van der Waals surface area contributed by atoms with Gasteiger partial charge in [0, 0.05) is 26.1 Å². The van der Waals surface area contributed by atoms with Gasteiger partial charge in [0.25, 0.3) is 0 Å². The lowest BCUT2D eigenvalue weighted by Crippen LogP contribution is -2.38. The Morgan fingerprint density at radius 1 is 1.47 bits per heavy atom. The molecule has 100 valence electrons. The van der Waals surface area contributed by atoms with E-state index in [0.29, 0.717) is 18.9 Å². The molecule has 5 nitrogen and oxygen atoms in total. The average molecular weight is 262 g/mol. The summed E-state index contributed by atoms with van der Waals surface area (Å²) < 4.78 is 24.0. The van der Waals surface area contributed by atoms with E-state index in [1.165, 1.54) is 10.4 Å². The van der Waals surface area contributed by atoms with Gasteiger partial charge in [-0.3, -0.25) is 4.79 Å². The Kier molecular flexibility index (Phi) is 7.06. The van der Waals surface area contributed by atoms with Crippen molar-refractivity contribution in [1.82, 2.24) is 9.62 Å². The summed E-state index contributed by atoms with van der Waals surface area (Å²) in [5.74, 6) is 0.251. The van der Waals surface area contributed by atoms with Gasteiger partial charge >= 0.3 is 0 Å². The molecule has 0 aliphatic carbocycles. The van der Waals surface area contributed by atoms with Gasteiger partial charge in [-0.1, -0.05) is 19.9 Å². The van der Waals surface area contributed by atoms with Crippen LogP contribution in [0.4, 0.5) is 0 Å². The Morgan fingerprint density at radius 3 is 2.47 bits per heavy atom. The monoisotopic (exact) mass is 262 g/mol. The fourth-order valence-electron chi connectivity index (χ4n) is 1.30. The molecule has 0 fully saturated rings. The van der Waals surface area contributed by atoms with E-state index in [2.05, 4.69) is 11.9 Å². The summed E-state index contributed by atoms with van der Waals surface area (Å²) in [5.41, 5.74) is 0. The molecule has 0 unspecified atom stereocenters. The predicted molar refractivity (Wildman–Crippen MR) is 69.1 cm³/mol. The number of sulfonamides is 1. The molecule has 6 heteroatoms. The van der Waals surface area contributed by atoms with Crippen LogP contribution in [-0.2, 0) is 14.8 Å². The summed E-state index contributed by atoms with van der Waals surface area (Å²) >= 11 is 0. The van der Waals surface area contributed by atoms with Crippen molar-refractivity contribution < 1.29 is 13.2 Å². The second kappa shape index (κ2) is 7.45. The van der Waals surface area contributed by atoms with Crippen LogP contribution in [0, 0.1) is 5.92 Å². The predicted octanol–water partition coefficient (Wildman–Crippen LogP) is 0.596. The van der Waals surface area contributed by atoms with Crippen LogP contribution >= 0.6 is 0 Å². The van der Waals surface area contributed by atoms with Crippen LogP contribution in [-0.4, -0.2) is 44.5 Å². The fourth-order valence-corrected chi connectivity index (χ4v) is 2.10. The van der Waals surface area contributed by atoms with E-state index in [9.17, 15) is 13.2 Å². The van der Waals surface area contributed by atoms with E-state index in [4.69, 9.17) is 0 Å². The Balaban J connectivity index is 4.07. The van der Waals surface area contributed by atoms with Gasteiger partial charge in [-0.25, -0.2) is 8.42 Å². The van der Waals surface area contributed by atoms with Gasteiger partial charge < -0.3 is 5.32 Å². The largest absolute Gasteiger partial charge is 0.355 e. The molecule has 0 saturated carbocycles. The lowest BCUT2D eigenvalue weighted by atomic mass is 10.1. The van der Waals surface area contributed by atoms with Crippen LogP contribution in [0.1, 0.15) is 20.3 Å². The highest BCUT2D eigenvalue weighted by Crippen LogP contribution is 1.99. The summed E-state index contributed by atoms with van der Waals surface area (Å²) in [7, 11) is -3.24. The average Bonchev–Trinajstić information content (AvgIpc) is 2.13. The Hall–Kier alpha value is -0.880. The van der Waals surface area contributed by atoms with Gasteiger partial charge in [-0.05, 0) is 5.92 Å². The van der Waals surface area contributed by atoms with Crippen LogP contribution < -0.4 is 5.32 Å². The molecule has 0 radical (unpaired) electrons. The van der Waals surface area contributed by atoms with E-state index in [1.807, 2.05) is 13.8 Å². The highest BCUT2D eigenvalue weighted by Gasteiger charge is 2.14. The maximum absolute atomic E-state index is 11.3. The van der Waals surface area contributed by atoms with Gasteiger partial charge in [0.05, 0.1) is 6.26 Å². The number of carbonyl (C=O) groups is 1. The van der Waals surface area contributed by atoms with E-state index in [1.54, 1.807) is 0 Å². The summed E-state index contributed by atoms with van der Waals surface area (Å²) in [6.07, 6.45) is 3.13. The first kappa shape index (κ1) is 16.1. The van der Waals surface area contributed by atoms with Gasteiger partial charge in [-0.2, -0.15) is 4.31 Å². The molecule has 0 atom stereocenters. The van der Waals surface area contributed by atoms with E-state index in [-0.39, 0.29) is 19.0 Å². The molecule has 0 rings (SSSR count). The standard InChI is InChI=1S/C11H22N2O3S/c1-5-7-13(17(4,15)16)8-6-12-11(14)9-10(2)3/h5,10H,1,6-9H2,2-4H3,(H,12,14). The Labute approximate surface area is 104 Å². The van der Waals surface area contributed by atoms with Crippen LogP contribution in [0.15, 0.2) is 12.7 Å². The minimum Gasteiger partial charge on any atom is -0.355 e. The first-order valence-electron chi connectivity index (χ1n) is 5.60. The van der Waals surface area contributed by atoms with E-state index in [0.717, 1.165) is 6.26 Å². The highest BCUT2D eigenvalue weighted by molar-refractivity contribution is 7.88. The van der Waals surface area contributed by atoms with Crippen molar-refractivity contribution in [1.29, 1.82) is 0 Å². The molecular formula is C11H22N2O3S. The maximum Gasteiger partial charge on any atom is 0.220 e. The van der Waals surface area contributed by atoms with Gasteiger partial charge in [-0.15, -0.1) is 6.58 Å². The van der Waals surface area contributed by atoms with Gasteiger partial charge in [0.15, 0.2) is 0 Å². The van der Waals surface area contributed by atoms with Crippen LogP contribution in [0.2, 0.25) is 0 Å². The maximum atomic E-state index is 11.3. The third kappa shape index (κ3) is 7.93. The third-order valence-electron chi connectivity index (χ3n) is 2.08. The zero-order valence-corrected chi connectivity index (χ0v) is 11.6. The lowest BCUT2D eigenvalue weighted by Gasteiger charge is -2.18. The fraction of sp³-hybridized carbons (Fsp3) is 0.727. The summed E-state index contributed by atoms with van der Waals surface area (Å²) in [6, 6.07) is 0. The SMILES string of the molecule is C=CCN(CCNC(=O)CC(C)C)S(C)(=O)=O. The van der Waals surface area contributed by atoms with Crippen molar-refractivity contribution in [3.05, 3.63) is 12.7 Å². The Morgan fingerprint density at radius 2 is 2.06 bits per heavy atom. The Bertz CT molecular complexity index is 350. The normalized spacial score (nSPS) is 11.8. The number of nitrogens with zero attached hydrogens (tertiary/aromatic N) is 1. The van der Waals surface area contributed by atoms with Crippen molar-refractivity contribution in [3.8, 4) is 0 Å².